The predicted octanol–water partition coefficient (Wildman–Crippen LogP) is 1.35. The Morgan fingerprint density at radius 3 is 2.20 bits per heavy atom. The maximum Gasteiger partial charge on any atom is 0.309 e. The SMILES string of the molecule is CCOC(=O)C1CCN(C(=O)c2ccc(S(=O)(=O)N(C)C)cc2)CC1. The quantitative estimate of drug-likeness (QED) is 0.733. The van der Waals surface area contributed by atoms with Crippen molar-refractivity contribution in [3.8, 4) is 0 Å². The largest absolute Gasteiger partial charge is 0.466 e. The van der Waals surface area contributed by atoms with Crippen LogP contribution >= 0.6 is 0 Å². The molecule has 0 atom stereocenters. The van der Waals surface area contributed by atoms with Crippen LogP contribution in [0.2, 0.25) is 0 Å². The third kappa shape index (κ3) is 4.38. The summed E-state index contributed by atoms with van der Waals surface area (Å²) in [6.45, 7) is 3.11. The van der Waals surface area contributed by atoms with E-state index in [0.29, 0.717) is 38.1 Å². The zero-order valence-electron chi connectivity index (χ0n) is 14.8. The Morgan fingerprint density at radius 2 is 1.72 bits per heavy atom. The summed E-state index contributed by atoms with van der Waals surface area (Å²) in [6, 6.07) is 5.92. The van der Waals surface area contributed by atoms with Gasteiger partial charge in [0.2, 0.25) is 10.0 Å². The number of ether oxygens (including phenoxy) is 1. The summed E-state index contributed by atoms with van der Waals surface area (Å²) in [5, 5.41) is 0. The standard InChI is InChI=1S/C17H24N2O5S/c1-4-24-17(21)14-9-11-19(12-10-14)16(20)13-5-7-15(8-6-13)25(22,23)18(2)3/h5-8,14H,4,9-12H2,1-3H3. The molecule has 25 heavy (non-hydrogen) atoms. The highest BCUT2D eigenvalue weighted by molar-refractivity contribution is 7.89. The van der Waals surface area contributed by atoms with Gasteiger partial charge in [-0.2, -0.15) is 0 Å². The second-order valence-electron chi connectivity index (χ2n) is 6.13. The van der Waals surface area contributed by atoms with E-state index in [2.05, 4.69) is 0 Å². The summed E-state index contributed by atoms with van der Waals surface area (Å²) in [4.78, 5) is 26.1. The van der Waals surface area contributed by atoms with E-state index in [4.69, 9.17) is 4.74 Å². The number of carbonyl (C=O) groups is 2. The van der Waals surface area contributed by atoms with Gasteiger partial charge in [-0.1, -0.05) is 0 Å². The average Bonchev–Trinajstić information content (AvgIpc) is 2.61. The van der Waals surface area contributed by atoms with Crippen molar-refractivity contribution in [3.05, 3.63) is 29.8 Å². The topological polar surface area (TPSA) is 84.0 Å². The van der Waals surface area contributed by atoms with Crippen LogP contribution in [0, 0.1) is 5.92 Å². The minimum absolute atomic E-state index is 0.148. The molecular weight excluding hydrogens is 344 g/mol. The molecule has 1 aromatic rings. The van der Waals surface area contributed by atoms with Crippen molar-refractivity contribution >= 4 is 21.9 Å². The van der Waals surface area contributed by atoms with E-state index in [1.54, 1.807) is 11.8 Å². The molecule has 1 aliphatic heterocycles. The Balaban J connectivity index is 2.01. The molecule has 1 aromatic carbocycles. The van der Waals surface area contributed by atoms with E-state index in [1.807, 2.05) is 0 Å². The number of benzene rings is 1. The Hall–Kier alpha value is -1.93. The van der Waals surface area contributed by atoms with E-state index in [9.17, 15) is 18.0 Å². The van der Waals surface area contributed by atoms with Crippen LogP contribution in [0.3, 0.4) is 0 Å². The second kappa shape index (κ2) is 7.97. The number of esters is 1. The van der Waals surface area contributed by atoms with Crippen LogP contribution in [0.15, 0.2) is 29.2 Å². The monoisotopic (exact) mass is 368 g/mol. The first-order valence-corrected chi connectivity index (χ1v) is 9.70. The molecule has 1 aliphatic rings. The van der Waals surface area contributed by atoms with Crippen molar-refractivity contribution in [2.75, 3.05) is 33.8 Å². The van der Waals surface area contributed by atoms with E-state index >= 15 is 0 Å². The smallest absolute Gasteiger partial charge is 0.309 e. The van der Waals surface area contributed by atoms with Crippen LogP contribution in [0.4, 0.5) is 0 Å². The van der Waals surface area contributed by atoms with Crippen molar-refractivity contribution in [3.63, 3.8) is 0 Å². The minimum atomic E-state index is -3.51. The molecule has 7 nitrogen and oxygen atoms in total. The molecule has 0 aliphatic carbocycles. The molecule has 0 unspecified atom stereocenters. The van der Waals surface area contributed by atoms with Crippen LogP contribution in [0.25, 0.3) is 0 Å². The number of piperidine rings is 1. The number of likely N-dealkylation sites (tertiary alicyclic amines) is 1. The van der Waals surface area contributed by atoms with Gasteiger partial charge in [0.1, 0.15) is 0 Å². The number of rotatable bonds is 5. The fourth-order valence-corrected chi connectivity index (χ4v) is 3.64. The summed E-state index contributed by atoms with van der Waals surface area (Å²) >= 11 is 0. The number of hydrogen-bond donors (Lipinski definition) is 0. The molecule has 1 heterocycles. The third-order valence-electron chi connectivity index (χ3n) is 4.28. The van der Waals surface area contributed by atoms with Gasteiger partial charge in [0.15, 0.2) is 0 Å². The summed E-state index contributed by atoms with van der Waals surface area (Å²) in [6.07, 6.45) is 1.16. The number of nitrogens with zero attached hydrogens (tertiary/aromatic N) is 2. The first-order valence-electron chi connectivity index (χ1n) is 8.26. The summed E-state index contributed by atoms with van der Waals surface area (Å²) in [5.74, 6) is -0.513. The van der Waals surface area contributed by atoms with Crippen molar-refractivity contribution < 1.29 is 22.7 Å². The van der Waals surface area contributed by atoms with Gasteiger partial charge >= 0.3 is 5.97 Å². The van der Waals surface area contributed by atoms with Gasteiger partial charge in [0.25, 0.3) is 5.91 Å². The molecule has 138 valence electrons. The fourth-order valence-electron chi connectivity index (χ4n) is 2.74. The molecule has 1 amide bonds. The van der Waals surface area contributed by atoms with Gasteiger partial charge in [-0.15, -0.1) is 0 Å². The first-order chi connectivity index (χ1) is 11.8. The molecule has 0 N–H and O–H groups in total. The number of amides is 1. The Labute approximate surface area is 148 Å². The molecule has 2 rings (SSSR count). The normalized spacial score (nSPS) is 16.1. The highest BCUT2D eigenvalue weighted by Crippen LogP contribution is 2.21. The Morgan fingerprint density at radius 1 is 1.16 bits per heavy atom. The molecule has 1 saturated heterocycles. The van der Waals surface area contributed by atoms with E-state index in [0.717, 1.165) is 4.31 Å². The van der Waals surface area contributed by atoms with Gasteiger partial charge in [-0.25, -0.2) is 12.7 Å². The third-order valence-corrected chi connectivity index (χ3v) is 6.11. The summed E-state index contributed by atoms with van der Waals surface area (Å²) in [7, 11) is -0.589. The first kappa shape index (κ1) is 19.4. The molecule has 0 radical (unpaired) electrons. The van der Waals surface area contributed by atoms with Crippen LogP contribution in [0.5, 0.6) is 0 Å². The van der Waals surface area contributed by atoms with Gasteiger partial charge in [0, 0.05) is 32.7 Å². The maximum absolute atomic E-state index is 12.5. The van der Waals surface area contributed by atoms with Crippen molar-refractivity contribution in [2.24, 2.45) is 5.92 Å². The molecule has 0 bridgehead atoms. The lowest BCUT2D eigenvalue weighted by atomic mass is 9.96. The summed E-state index contributed by atoms with van der Waals surface area (Å²) in [5.41, 5.74) is 0.437. The van der Waals surface area contributed by atoms with E-state index in [1.165, 1.54) is 38.4 Å². The summed E-state index contributed by atoms with van der Waals surface area (Å²) < 4.78 is 30.3. The highest BCUT2D eigenvalue weighted by atomic mass is 32.2. The van der Waals surface area contributed by atoms with Gasteiger partial charge < -0.3 is 9.64 Å². The van der Waals surface area contributed by atoms with Crippen LogP contribution in [0.1, 0.15) is 30.1 Å². The number of hydrogen-bond acceptors (Lipinski definition) is 5. The average molecular weight is 368 g/mol. The maximum atomic E-state index is 12.5. The van der Waals surface area contributed by atoms with Crippen molar-refractivity contribution in [1.29, 1.82) is 0 Å². The van der Waals surface area contributed by atoms with Crippen LogP contribution in [-0.4, -0.2) is 63.3 Å². The van der Waals surface area contributed by atoms with E-state index in [-0.39, 0.29) is 22.7 Å². The second-order valence-corrected chi connectivity index (χ2v) is 8.28. The molecule has 1 fully saturated rings. The molecule has 0 aromatic heterocycles. The Kier molecular flexibility index (Phi) is 6.18. The molecule has 0 spiro atoms. The molecule has 8 heteroatoms. The number of sulfonamides is 1. The van der Waals surface area contributed by atoms with E-state index < -0.39 is 10.0 Å². The predicted molar refractivity (Wildman–Crippen MR) is 92.6 cm³/mol. The van der Waals surface area contributed by atoms with Crippen molar-refractivity contribution in [1.82, 2.24) is 9.21 Å². The Bertz CT molecular complexity index is 720. The minimum Gasteiger partial charge on any atom is -0.466 e. The van der Waals surface area contributed by atoms with Gasteiger partial charge in [-0.05, 0) is 44.0 Å². The number of carbonyl (C=O) groups excluding carboxylic acids is 2. The van der Waals surface area contributed by atoms with Crippen molar-refractivity contribution in [2.45, 2.75) is 24.7 Å². The molecule has 0 saturated carbocycles. The van der Waals surface area contributed by atoms with Crippen LogP contribution < -0.4 is 0 Å². The zero-order chi connectivity index (χ0) is 18.6. The molecular formula is C17H24N2O5S. The highest BCUT2D eigenvalue weighted by Gasteiger charge is 2.28. The lowest BCUT2D eigenvalue weighted by Gasteiger charge is -2.31. The lowest BCUT2D eigenvalue weighted by Crippen LogP contribution is -2.40. The lowest BCUT2D eigenvalue weighted by molar-refractivity contribution is -0.149. The zero-order valence-corrected chi connectivity index (χ0v) is 15.6. The van der Waals surface area contributed by atoms with Crippen LogP contribution in [-0.2, 0) is 19.6 Å². The fraction of sp³-hybridized carbons (Fsp3) is 0.529. The van der Waals surface area contributed by atoms with Gasteiger partial charge in [0.05, 0.1) is 17.4 Å². The van der Waals surface area contributed by atoms with Gasteiger partial charge in [-0.3, -0.25) is 9.59 Å².